The molecule has 2 aromatic rings. The first-order valence-corrected chi connectivity index (χ1v) is 15.6. The predicted molar refractivity (Wildman–Crippen MR) is 170 cm³/mol. The molecule has 0 aliphatic heterocycles. The molecular formula is C33H49N5O6. The van der Waals surface area contributed by atoms with Crippen molar-refractivity contribution in [2.45, 2.75) is 70.8 Å². The number of unbranched alkanes of at least 4 members (excludes halogenated alkanes) is 7. The van der Waals surface area contributed by atoms with Crippen LogP contribution in [-0.4, -0.2) is 63.0 Å². The van der Waals surface area contributed by atoms with Gasteiger partial charge in [-0.05, 0) is 36.6 Å². The number of carbonyl (C=O) groups excluding carboxylic acids is 4. The molecule has 3 amide bonds. The van der Waals surface area contributed by atoms with Crippen LogP contribution >= 0.6 is 0 Å². The van der Waals surface area contributed by atoms with E-state index in [-0.39, 0.29) is 41.4 Å². The summed E-state index contributed by atoms with van der Waals surface area (Å²) in [5, 5.41) is 8.21. The molecule has 2 rings (SSSR count). The van der Waals surface area contributed by atoms with Gasteiger partial charge < -0.3 is 36.9 Å². The summed E-state index contributed by atoms with van der Waals surface area (Å²) >= 11 is 0. The van der Waals surface area contributed by atoms with Gasteiger partial charge in [-0.25, -0.2) is 0 Å². The lowest BCUT2D eigenvalue weighted by Gasteiger charge is -2.12. The summed E-state index contributed by atoms with van der Waals surface area (Å²) in [4.78, 5) is 48.9. The Labute approximate surface area is 260 Å². The molecule has 0 radical (unpaired) electrons. The van der Waals surface area contributed by atoms with Crippen LogP contribution in [0.2, 0.25) is 0 Å². The number of carbonyl (C=O) groups is 4. The zero-order valence-electron chi connectivity index (χ0n) is 25.7. The Balaban J connectivity index is 1.53. The molecule has 7 N–H and O–H groups in total. The maximum absolute atomic E-state index is 12.4. The van der Waals surface area contributed by atoms with Crippen molar-refractivity contribution < 1.29 is 28.7 Å². The van der Waals surface area contributed by atoms with Gasteiger partial charge in [0.1, 0.15) is 19.0 Å². The van der Waals surface area contributed by atoms with E-state index in [4.69, 9.17) is 20.9 Å². The van der Waals surface area contributed by atoms with Crippen molar-refractivity contribution in [1.29, 1.82) is 0 Å². The van der Waals surface area contributed by atoms with Gasteiger partial charge >= 0.3 is 5.97 Å². The topological polar surface area (TPSA) is 175 Å². The second-order valence-electron chi connectivity index (χ2n) is 10.5. The van der Waals surface area contributed by atoms with Crippen molar-refractivity contribution in [2.24, 2.45) is 11.5 Å². The van der Waals surface area contributed by atoms with Crippen molar-refractivity contribution in [2.75, 3.05) is 39.3 Å². The van der Waals surface area contributed by atoms with E-state index in [1.54, 1.807) is 12.1 Å². The molecule has 0 fully saturated rings. The number of esters is 1. The first kappa shape index (κ1) is 36.2. The van der Waals surface area contributed by atoms with Crippen LogP contribution in [0.5, 0.6) is 5.75 Å². The molecule has 0 spiro atoms. The normalized spacial score (nSPS) is 10.6. The fraction of sp³-hybridized carbons (Fsp3) is 0.515. The summed E-state index contributed by atoms with van der Waals surface area (Å²) in [6.45, 7) is 2.02. The SMILES string of the molecule is NCCNC(=O)c1cc(OCCNC(=O)CCCCCCCCCCC(=O)OCc2ccccc2)cc(C(=O)NCCN)c1. The van der Waals surface area contributed by atoms with Gasteiger partial charge in [0, 0.05) is 50.1 Å². The van der Waals surface area contributed by atoms with Crippen LogP contribution in [0.3, 0.4) is 0 Å². The van der Waals surface area contributed by atoms with E-state index in [2.05, 4.69) is 16.0 Å². The van der Waals surface area contributed by atoms with Gasteiger partial charge in [0.15, 0.2) is 0 Å². The number of nitrogens with two attached hydrogens (primary N) is 2. The number of ether oxygens (including phenoxy) is 2. The van der Waals surface area contributed by atoms with Crippen molar-refractivity contribution in [3.63, 3.8) is 0 Å². The molecule has 0 unspecified atom stereocenters. The minimum Gasteiger partial charge on any atom is -0.492 e. The Morgan fingerprint density at radius 3 is 1.75 bits per heavy atom. The number of hydrogen-bond donors (Lipinski definition) is 5. The molecule has 11 heteroatoms. The van der Waals surface area contributed by atoms with Crippen LogP contribution in [0.4, 0.5) is 0 Å². The molecule has 0 atom stereocenters. The highest BCUT2D eigenvalue weighted by molar-refractivity contribution is 6.00. The number of amides is 3. The minimum absolute atomic E-state index is 0.0375. The Morgan fingerprint density at radius 2 is 1.18 bits per heavy atom. The average Bonchev–Trinajstić information content (AvgIpc) is 3.04. The molecule has 0 heterocycles. The first-order chi connectivity index (χ1) is 21.4. The second kappa shape index (κ2) is 22.6. The summed E-state index contributed by atoms with van der Waals surface area (Å²) in [5.41, 5.74) is 12.5. The Kier molecular flexibility index (Phi) is 18.6. The highest BCUT2D eigenvalue weighted by atomic mass is 16.5. The smallest absolute Gasteiger partial charge is 0.306 e. The second-order valence-corrected chi connectivity index (χ2v) is 10.5. The van der Waals surface area contributed by atoms with Crippen LogP contribution in [0.1, 0.15) is 90.5 Å². The molecule has 0 saturated carbocycles. The van der Waals surface area contributed by atoms with E-state index in [1.807, 2.05) is 30.3 Å². The zero-order valence-corrected chi connectivity index (χ0v) is 25.7. The van der Waals surface area contributed by atoms with E-state index in [0.717, 1.165) is 56.9 Å². The fourth-order valence-corrected chi connectivity index (χ4v) is 4.39. The molecule has 0 saturated heterocycles. The number of hydrogen-bond acceptors (Lipinski definition) is 8. The number of benzene rings is 2. The maximum Gasteiger partial charge on any atom is 0.306 e. The molecular weight excluding hydrogens is 562 g/mol. The van der Waals surface area contributed by atoms with Gasteiger partial charge in [-0.15, -0.1) is 0 Å². The number of nitrogens with one attached hydrogen (secondary N) is 3. The minimum atomic E-state index is -0.362. The summed E-state index contributed by atoms with van der Waals surface area (Å²) in [5.74, 6) is -0.559. The van der Waals surface area contributed by atoms with Gasteiger partial charge in [0.05, 0.1) is 6.54 Å². The van der Waals surface area contributed by atoms with E-state index < -0.39 is 0 Å². The lowest BCUT2D eigenvalue weighted by Crippen LogP contribution is -2.31. The fourth-order valence-electron chi connectivity index (χ4n) is 4.39. The van der Waals surface area contributed by atoms with Crippen molar-refractivity contribution >= 4 is 23.7 Å². The Morgan fingerprint density at radius 1 is 0.636 bits per heavy atom. The van der Waals surface area contributed by atoms with Crippen molar-refractivity contribution in [3.8, 4) is 5.75 Å². The molecule has 2 aromatic carbocycles. The van der Waals surface area contributed by atoms with Crippen LogP contribution in [-0.2, 0) is 20.9 Å². The van der Waals surface area contributed by atoms with Gasteiger partial charge in [0.2, 0.25) is 5.91 Å². The molecule has 0 aliphatic carbocycles. The molecule has 0 aliphatic rings. The summed E-state index contributed by atoms with van der Waals surface area (Å²) in [7, 11) is 0. The third-order valence-electron chi connectivity index (χ3n) is 6.76. The highest BCUT2D eigenvalue weighted by Crippen LogP contribution is 2.18. The quantitative estimate of drug-likeness (QED) is 0.0940. The Bertz CT molecular complexity index is 1110. The monoisotopic (exact) mass is 611 g/mol. The molecule has 11 nitrogen and oxygen atoms in total. The highest BCUT2D eigenvalue weighted by Gasteiger charge is 2.14. The summed E-state index contributed by atoms with van der Waals surface area (Å²) in [6.07, 6.45) is 8.98. The van der Waals surface area contributed by atoms with E-state index >= 15 is 0 Å². The third-order valence-corrected chi connectivity index (χ3v) is 6.76. The maximum atomic E-state index is 12.4. The number of rotatable bonds is 23. The molecule has 44 heavy (non-hydrogen) atoms. The van der Waals surface area contributed by atoms with Crippen LogP contribution < -0.4 is 32.2 Å². The van der Waals surface area contributed by atoms with Gasteiger partial charge in [-0.2, -0.15) is 0 Å². The molecule has 0 bridgehead atoms. The van der Waals surface area contributed by atoms with Gasteiger partial charge in [-0.3, -0.25) is 19.2 Å². The predicted octanol–water partition coefficient (Wildman–Crippen LogP) is 3.20. The molecule has 242 valence electrons. The zero-order chi connectivity index (χ0) is 31.8. The molecule has 0 aromatic heterocycles. The first-order valence-electron chi connectivity index (χ1n) is 15.6. The van der Waals surface area contributed by atoms with E-state index in [1.165, 1.54) is 6.07 Å². The summed E-state index contributed by atoms with van der Waals surface area (Å²) in [6, 6.07) is 14.3. The van der Waals surface area contributed by atoms with Gasteiger partial charge in [0.25, 0.3) is 11.8 Å². The van der Waals surface area contributed by atoms with E-state index in [0.29, 0.717) is 57.9 Å². The standard InChI is InChI=1S/C33H49N5O6/c34-16-18-37-32(41)27-22-28(33(42)38-19-17-35)24-29(23-27)43-21-20-36-30(39)14-10-5-3-1-2-4-6-11-15-31(40)44-25-26-12-8-7-9-13-26/h7-9,12-13,22-24H,1-6,10-11,14-21,25,34-35H2,(H,36,39)(H,37,41)(H,38,42). The summed E-state index contributed by atoms with van der Waals surface area (Å²) < 4.78 is 11.0. The van der Waals surface area contributed by atoms with E-state index in [9.17, 15) is 19.2 Å². The Hall–Kier alpha value is -3.96. The lowest BCUT2D eigenvalue weighted by atomic mass is 10.1. The van der Waals surface area contributed by atoms with Crippen LogP contribution in [0.25, 0.3) is 0 Å². The van der Waals surface area contributed by atoms with Crippen molar-refractivity contribution in [3.05, 3.63) is 65.2 Å². The lowest BCUT2D eigenvalue weighted by molar-refractivity contribution is -0.145. The average molecular weight is 612 g/mol. The van der Waals surface area contributed by atoms with Crippen LogP contribution in [0, 0.1) is 0 Å². The van der Waals surface area contributed by atoms with Crippen molar-refractivity contribution in [1.82, 2.24) is 16.0 Å². The van der Waals surface area contributed by atoms with Crippen LogP contribution in [0.15, 0.2) is 48.5 Å². The third kappa shape index (κ3) is 16.0. The largest absolute Gasteiger partial charge is 0.492 e. The van der Waals surface area contributed by atoms with Gasteiger partial charge in [-0.1, -0.05) is 68.9 Å².